The van der Waals surface area contributed by atoms with Crippen molar-refractivity contribution in [2.24, 2.45) is 0 Å². The molecule has 0 aliphatic carbocycles. The van der Waals surface area contributed by atoms with E-state index >= 15 is 0 Å². The second-order valence-corrected chi connectivity index (χ2v) is 6.26. The van der Waals surface area contributed by atoms with Crippen molar-refractivity contribution in [2.45, 2.75) is 26.2 Å². The van der Waals surface area contributed by atoms with Gasteiger partial charge in [0.25, 0.3) is 0 Å². The zero-order valence-corrected chi connectivity index (χ0v) is 12.8. The van der Waals surface area contributed by atoms with E-state index in [2.05, 4.69) is 5.10 Å². The fourth-order valence-electron chi connectivity index (χ4n) is 1.89. The van der Waals surface area contributed by atoms with Gasteiger partial charge in [0.15, 0.2) is 0 Å². The summed E-state index contributed by atoms with van der Waals surface area (Å²) < 4.78 is 1.40. The van der Waals surface area contributed by atoms with Gasteiger partial charge >= 0.3 is 5.97 Å². The molecule has 0 spiro atoms. The highest BCUT2D eigenvalue weighted by Crippen LogP contribution is 2.32. The molecule has 2 rings (SSSR count). The maximum absolute atomic E-state index is 11.4. The van der Waals surface area contributed by atoms with Gasteiger partial charge < -0.3 is 5.11 Å². The van der Waals surface area contributed by atoms with Crippen LogP contribution in [-0.2, 0) is 5.41 Å². The van der Waals surface area contributed by atoms with Crippen LogP contribution in [0, 0.1) is 0 Å². The van der Waals surface area contributed by atoms with E-state index in [9.17, 15) is 9.90 Å². The standard InChI is InChI=1S/C14H14Cl2N2O2/c1-14(2,3)11-10(13(19)20)12(16)18(17-11)9-6-4-5-8(15)7-9/h4-7H,1-3H3,(H,19,20). The maximum Gasteiger partial charge on any atom is 0.340 e. The first-order valence-electron chi connectivity index (χ1n) is 6.00. The third kappa shape index (κ3) is 2.67. The Labute approximate surface area is 126 Å². The highest BCUT2D eigenvalue weighted by Gasteiger charge is 2.30. The topological polar surface area (TPSA) is 55.1 Å². The van der Waals surface area contributed by atoms with Gasteiger partial charge in [0.1, 0.15) is 10.7 Å². The van der Waals surface area contributed by atoms with Crippen LogP contribution in [0.4, 0.5) is 0 Å². The summed E-state index contributed by atoms with van der Waals surface area (Å²) in [6, 6.07) is 6.93. The van der Waals surface area contributed by atoms with Gasteiger partial charge in [-0.2, -0.15) is 5.10 Å². The Kier molecular flexibility index (Phi) is 3.80. The van der Waals surface area contributed by atoms with Crippen LogP contribution < -0.4 is 0 Å². The quantitative estimate of drug-likeness (QED) is 0.905. The lowest BCUT2D eigenvalue weighted by molar-refractivity contribution is 0.0694. The molecule has 4 nitrogen and oxygen atoms in total. The first-order valence-corrected chi connectivity index (χ1v) is 6.75. The summed E-state index contributed by atoms with van der Waals surface area (Å²) in [5, 5.41) is 14.3. The van der Waals surface area contributed by atoms with Crippen LogP contribution in [0.15, 0.2) is 24.3 Å². The highest BCUT2D eigenvalue weighted by molar-refractivity contribution is 6.33. The molecule has 0 saturated carbocycles. The molecule has 0 aliphatic rings. The van der Waals surface area contributed by atoms with Crippen molar-refractivity contribution in [3.8, 4) is 5.69 Å². The van der Waals surface area contributed by atoms with Gasteiger partial charge in [-0.3, -0.25) is 0 Å². The molecule has 0 atom stereocenters. The molecular weight excluding hydrogens is 299 g/mol. The van der Waals surface area contributed by atoms with E-state index in [1.807, 2.05) is 20.8 Å². The second-order valence-electron chi connectivity index (χ2n) is 5.46. The van der Waals surface area contributed by atoms with E-state index in [4.69, 9.17) is 23.2 Å². The lowest BCUT2D eigenvalue weighted by Crippen LogP contribution is -2.16. The van der Waals surface area contributed by atoms with Gasteiger partial charge in [-0.15, -0.1) is 0 Å². The van der Waals surface area contributed by atoms with Gasteiger partial charge in [0.05, 0.1) is 11.4 Å². The Morgan fingerprint density at radius 3 is 2.40 bits per heavy atom. The van der Waals surface area contributed by atoms with Crippen molar-refractivity contribution in [3.63, 3.8) is 0 Å². The van der Waals surface area contributed by atoms with Gasteiger partial charge in [0, 0.05) is 10.4 Å². The number of carboxylic acids is 1. The molecule has 1 aromatic carbocycles. The number of nitrogens with zero attached hydrogens (tertiary/aromatic N) is 2. The zero-order chi connectivity index (χ0) is 15.1. The zero-order valence-electron chi connectivity index (χ0n) is 11.3. The van der Waals surface area contributed by atoms with Crippen LogP contribution in [0.1, 0.15) is 36.8 Å². The third-order valence-corrected chi connectivity index (χ3v) is 3.39. The first kappa shape index (κ1) is 14.9. The Balaban J connectivity index is 2.71. The molecule has 6 heteroatoms. The smallest absolute Gasteiger partial charge is 0.340 e. The molecule has 1 aromatic heterocycles. The molecule has 0 bridgehead atoms. The molecule has 1 N–H and O–H groups in total. The predicted molar refractivity (Wildman–Crippen MR) is 79.2 cm³/mol. The minimum Gasteiger partial charge on any atom is -0.478 e. The van der Waals surface area contributed by atoms with Crippen LogP contribution in [0.25, 0.3) is 5.69 Å². The van der Waals surface area contributed by atoms with Crippen LogP contribution >= 0.6 is 23.2 Å². The van der Waals surface area contributed by atoms with Crippen molar-refractivity contribution >= 4 is 29.2 Å². The van der Waals surface area contributed by atoms with E-state index < -0.39 is 11.4 Å². The molecule has 0 amide bonds. The predicted octanol–water partition coefficient (Wildman–Crippen LogP) is 4.17. The fourth-order valence-corrected chi connectivity index (χ4v) is 2.38. The number of hydrogen-bond donors (Lipinski definition) is 1. The van der Waals surface area contributed by atoms with Crippen LogP contribution in [0.2, 0.25) is 10.2 Å². The Bertz CT molecular complexity index is 672. The van der Waals surface area contributed by atoms with E-state index in [0.717, 1.165) is 0 Å². The normalized spacial score (nSPS) is 11.7. The summed E-state index contributed by atoms with van der Waals surface area (Å²) >= 11 is 12.1. The minimum absolute atomic E-state index is 0.0270. The van der Waals surface area contributed by atoms with Crippen LogP contribution in [0.3, 0.4) is 0 Å². The lowest BCUT2D eigenvalue weighted by atomic mass is 9.89. The summed E-state index contributed by atoms with van der Waals surface area (Å²) in [6.45, 7) is 5.67. The second kappa shape index (κ2) is 5.11. The van der Waals surface area contributed by atoms with Gasteiger partial charge in [-0.1, -0.05) is 50.0 Å². The van der Waals surface area contributed by atoms with Crippen molar-refractivity contribution in [1.82, 2.24) is 9.78 Å². The van der Waals surface area contributed by atoms with E-state index in [1.54, 1.807) is 24.3 Å². The van der Waals surface area contributed by atoms with Crippen molar-refractivity contribution in [2.75, 3.05) is 0 Å². The largest absolute Gasteiger partial charge is 0.478 e. The van der Waals surface area contributed by atoms with Crippen molar-refractivity contribution < 1.29 is 9.90 Å². The highest BCUT2D eigenvalue weighted by atomic mass is 35.5. The average Bonchev–Trinajstić information content (AvgIpc) is 2.66. The SMILES string of the molecule is CC(C)(C)c1nn(-c2cccc(Cl)c2)c(Cl)c1C(=O)O. The summed E-state index contributed by atoms with van der Waals surface area (Å²) in [5.74, 6) is -1.09. The van der Waals surface area contributed by atoms with Crippen LogP contribution in [0.5, 0.6) is 0 Å². The number of aromatic carboxylic acids is 1. The summed E-state index contributed by atoms with van der Waals surface area (Å²) in [5.41, 5.74) is 0.663. The van der Waals surface area contributed by atoms with Crippen molar-refractivity contribution in [3.05, 3.63) is 45.7 Å². The van der Waals surface area contributed by atoms with E-state index in [-0.39, 0.29) is 10.7 Å². The molecule has 0 aliphatic heterocycles. The number of carboxylic acid groups (broad SMARTS) is 1. The molecule has 0 radical (unpaired) electrons. The lowest BCUT2D eigenvalue weighted by Gasteiger charge is -2.15. The minimum atomic E-state index is -1.09. The van der Waals surface area contributed by atoms with Gasteiger partial charge in [-0.05, 0) is 18.2 Å². The molecule has 0 unspecified atom stereocenters. The summed E-state index contributed by atoms with van der Waals surface area (Å²) in [7, 11) is 0. The third-order valence-electron chi connectivity index (χ3n) is 2.81. The monoisotopic (exact) mass is 312 g/mol. The fraction of sp³-hybridized carbons (Fsp3) is 0.286. The number of rotatable bonds is 2. The number of benzene rings is 1. The van der Waals surface area contributed by atoms with Crippen molar-refractivity contribution in [1.29, 1.82) is 0 Å². The average molecular weight is 313 g/mol. The molecule has 2 aromatic rings. The number of carbonyl (C=O) groups is 1. The Morgan fingerprint density at radius 2 is 1.95 bits per heavy atom. The summed E-state index contributed by atoms with van der Waals surface area (Å²) in [4.78, 5) is 11.4. The number of hydrogen-bond acceptors (Lipinski definition) is 2. The number of aromatic nitrogens is 2. The van der Waals surface area contributed by atoms with Crippen LogP contribution in [-0.4, -0.2) is 20.9 Å². The number of halogens is 2. The van der Waals surface area contributed by atoms with E-state index in [1.165, 1.54) is 4.68 Å². The molecular formula is C14H14Cl2N2O2. The summed E-state index contributed by atoms with van der Waals surface area (Å²) in [6.07, 6.45) is 0. The molecule has 106 valence electrons. The molecule has 0 fully saturated rings. The molecule has 20 heavy (non-hydrogen) atoms. The maximum atomic E-state index is 11.4. The van der Waals surface area contributed by atoms with Gasteiger partial charge in [-0.25, -0.2) is 9.48 Å². The van der Waals surface area contributed by atoms with Gasteiger partial charge in [0.2, 0.25) is 0 Å². The first-order chi connectivity index (χ1) is 9.21. The molecule has 1 heterocycles. The van der Waals surface area contributed by atoms with E-state index in [0.29, 0.717) is 16.4 Å². The molecule has 0 saturated heterocycles. The Hall–Kier alpha value is -1.52. The Morgan fingerprint density at radius 1 is 1.30 bits per heavy atom.